The number of morpholine rings is 1. The molecule has 0 N–H and O–H groups in total. The van der Waals surface area contributed by atoms with E-state index in [2.05, 4.69) is 25.3 Å². The number of allylic oxidation sites excluding steroid dienone is 1. The summed E-state index contributed by atoms with van der Waals surface area (Å²) in [6, 6.07) is 0. The third kappa shape index (κ3) is 4.67. The largest absolute Gasteiger partial charge is 0.497 e. The highest BCUT2D eigenvalue weighted by molar-refractivity contribution is 4.87. The summed E-state index contributed by atoms with van der Waals surface area (Å²) >= 11 is 0. The van der Waals surface area contributed by atoms with Gasteiger partial charge in [-0.05, 0) is 6.42 Å². The van der Waals surface area contributed by atoms with Gasteiger partial charge in [-0.15, -0.1) is 0 Å². The molecule has 1 saturated heterocycles. The molecule has 3 nitrogen and oxygen atoms in total. The molecule has 88 valence electrons. The zero-order chi connectivity index (χ0) is 11.1. The van der Waals surface area contributed by atoms with E-state index in [9.17, 15) is 0 Å². The zero-order valence-electron chi connectivity index (χ0n) is 10.00. The van der Waals surface area contributed by atoms with Crippen molar-refractivity contribution < 1.29 is 9.47 Å². The molecular weight excluding hydrogens is 190 g/mol. The van der Waals surface area contributed by atoms with E-state index in [4.69, 9.17) is 9.47 Å². The highest BCUT2D eigenvalue weighted by Gasteiger charge is 2.10. The fraction of sp³-hybridized carbons (Fsp3) is 0.833. The molecule has 0 bridgehead atoms. The number of nitrogens with zero attached hydrogens (tertiary/aromatic N) is 1. The van der Waals surface area contributed by atoms with E-state index in [1.807, 2.05) is 0 Å². The van der Waals surface area contributed by atoms with Gasteiger partial charge in [0.15, 0.2) is 0 Å². The smallest absolute Gasteiger partial charge is 0.100 e. The third-order valence-electron chi connectivity index (χ3n) is 2.96. The number of rotatable bonds is 6. The molecule has 1 aliphatic heterocycles. The Kier molecular flexibility index (Phi) is 5.73. The van der Waals surface area contributed by atoms with Gasteiger partial charge in [0.1, 0.15) is 6.61 Å². The Morgan fingerprint density at radius 3 is 2.73 bits per heavy atom. The maximum atomic E-state index is 5.62. The van der Waals surface area contributed by atoms with Crippen LogP contribution in [0.5, 0.6) is 0 Å². The van der Waals surface area contributed by atoms with E-state index in [0.29, 0.717) is 5.92 Å². The number of hydrogen-bond donors (Lipinski definition) is 0. The number of ether oxygens (including phenoxy) is 2. The minimum absolute atomic E-state index is 0.467. The average Bonchev–Trinajstić information content (AvgIpc) is 2.29. The molecule has 1 atom stereocenters. The van der Waals surface area contributed by atoms with Gasteiger partial charge in [0, 0.05) is 25.6 Å². The predicted molar refractivity (Wildman–Crippen MR) is 61.8 cm³/mol. The van der Waals surface area contributed by atoms with Gasteiger partial charge in [0.25, 0.3) is 0 Å². The van der Waals surface area contributed by atoms with Gasteiger partial charge in [0.2, 0.25) is 0 Å². The normalized spacial score (nSPS) is 19.9. The Morgan fingerprint density at radius 2 is 2.13 bits per heavy atom. The van der Waals surface area contributed by atoms with Gasteiger partial charge in [-0.1, -0.05) is 20.4 Å². The van der Waals surface area contributed by atoms with Crippen LogP contribution in [-0.2, 0) is 9.47 Å². The van der Waals surface area contributed by atoms with E-state index in [1.54, 1.807) is 0 Å². The van der Waals surface area contributed by atoms with Crippen molar-refractivity contribution >= 4 is 0 Å². The van der Waals surface area contributed by atoms with E-state index >= 15 is 0 Å². The molecule has 0 aromatic rings. The highest BCUT2D eigenvalue weighted by atomic mass is 16.5. The average molecular weight is 213 g/mol. The van der Waals surface area contributed by atoms with Gasteiger partial charge in [-0.3, -0.25) is 4.90 Å². The summed E-state index contributed by atoms with van der Waals surface area (Å²) in [5.41, 5.74) is 0. The molecule has 1 fully saturated rings. The first kappa shape index (κ1) is 12.5. The van der Waals surface area contributed by atoms with Gasteiger partial charge >= 0.3 is 0 Å². The van der Waals surface area contributed by atoms with Crippen LogP contribution in [0.15, 0.2) is 12.3 Å². The fourth-order valence-corrected chi connectivity index (χ4v) is 1.50. The van der Waals surface area contributed by atoms with Crippen LogP contribution < -0.4 is 0 Å². The van der Waals surface area contributed by atoms with Gasteiger partial charge in [-0.25, -0.2) is 0 Å². The molecule has 3 heteroatoms. The Hall–Kier alpha value is -0.540. The minimum atomic E-state index is 0.467. The first-order valence-corrected chi connectivity index (χ1v) is 5.85. The Labute approximate surface area is 93.0 Å². The molecule has 15 heavy (non-hydrogen) atoms. The monoisotopic (exact) mass is 213 g/mol. The summed E-state index contributed by atoms with van der Waals surface area (Å²) in [7, 11) is 0. The molecule has 0 spiro atoms. The van der Waals surface area contributed by atoms with Crippen molar-refractivity contribution in [3.8, 4) is 0 Å². The second-order valence-corrected chi connectivity index (χ2v) is 4.08. The topological polar surface area (TPSA) is 21.7 Å². The van der Waals surface area contributed by atoms with E-state index in [0.717, 1.165) is 51.6 Å². The van der Waals surface area contributed by atoms with Crippen LogP contribution in [0.1, 0.15) is 20.3 Å². The van der Waals surface area contributed by atoms with Crippen LogP contribution in [0.25, 0.3) is 0 Å². The molecule has 1 unspecified atom stereocenters. The van der Waals surface area contributed by atoms with Crippen molar-refractivity contribution in [1.29, 1.82) is 0 Å². The van der Waals surface area contributed by atoms with Crippen LogP contribution in [0.2, 0.25) is 0 Å². The fourth-order valence-electron chi connectivity index (χ4n) is 1.50. The van der Waals surface area contributed by atoms with Crippen molar-refractivity contribution in [3.63, 3.8) is 0 Å². The van der Waals surface area contributed by atoms with Crippen molar-refractivity contribution in [3.05, 3.63) is 12.3 Å². The molecule has 1 heterocycles. The molecule has 0 aromatic carbocycles. The Balaban J connectivity index is 2.07. The van der Waals surface area contributed by atoms with Crippen molar-refractivity contribution in [2.45, 2.75) is 20.3 Å². The second-order valence-electron chi connectivity index (χ2n) is 4.08. The maximum Gasteiger partial charge on any atom is 0.100 e. The van der Waals surface area contributed by atoms with Crippen LogP contribution in [0, 0.1) is 5.92 Å². The quantitative estimate of drug-likeness (QED) is 0.629. The van der Waals surface area contributed by atoms with Gasteiger partial charge in [0.05, 0.1) is 19.0 Å². The van der Waals surface area contributed by atoms with Gasteiger partial charge in [-0.2, -0.15) is 0 Å². The lowest BCUT2D eigenvalue weighted by Gasteiger charge is -2.26. The third-order valence-corrected chi connectivity index (χ3v) is 2.96. The zero-order valence-corrected chi connectivity index (χ0v) is 10.00. The van der Waals surface area contributed by atoms with Crippen molar-refractivity contribution in [2.24, 2.45) is 5.92 Å². The minimum Gasteiger partial charge on any atom is -0.497 e. The molecule has 0 radical (unpaired) electrons. The lowest BCUT2D eigenvalue weighted by atomic mass is 10.1. The van der Waals surface area contributed by atoms with Gasteiger partial charge < -0.3 is 9.47 Å². The second kappa shape index (κ2) is 6.85. The summed E-state index contributed by atoms with van der Waals surface area (Å²) in [5.74, 6) is 1.39. The molecule has 1 aliphatic rings. The summed E-state index contributed by atoms with van der Waals surface area (Å²) in [4.78, 5) is 2.37. The van der Waals surface area contributed by atoms with Crippen LogP contribution in [0.3, 0.4) is 0 Å². The highest BCUT2D eigenvalue weighted by Crippen LogP contribution is 2.12. The first-order chi connectivity index (χ1) is 7.24. The first-order valence-electron chi connectivity index (χ1n) is 5.85. The van der Waals surface area contributed by atoms with E-state index in [1.165, 1.54) is 0 Å². The molecular formula is C12H23NO2. The number of hydrogen-bond acceptors (Lipinski definition) is 3. The lowest BCUT2D eigenvalue weighted by molar-refractivity contribution is 0.0260. The van der Waals surface area contributed by atoms with Crippen LogP contribution >= 0.6 is 0 Å². The van der Waals surface area contributed by atoms with E-state index in [-0.39, 0.29) is 0 Å². The molecule has 0 saturated carbocycles. The summed E-state index contributed by atoms with van der Waals surface area (Å²) in [5, 5.41) is 0. The summed E-state index contributed by atoms with van der Waals surface area (Å²) < 4.78 is 10.9. The Bertz CT molecular complexity index is 188. The van der Waals surface area contributed by atoms with Crippen LogP contribution in [0.4, 0.5) is 0 Å². The predicted octanol–water partition coefficient (Wildman–Crippen LogP) is 1.89. The van der Waals surface area contributed by atoms with Crippen molar-refractivity contribution in [2.75, 3.05) is 39.5 Å². The summed E-state index contributed by atoms with van der Waals surface area (Å²) in [6.07, 6.45) is 1.09. The Morgan fingerprint density at radius 1 is 1.47 bits per heavy atom. The molecule has 0 aliphatic carbocycles. The maximum absolute atomic E-state index is 5.62. The summed E-state index contributed by atoms with van der Waals surface area (Å²) in [6.45, 7) is 13.7. The molecule has 0 aromatic heterocycles. The van der Waals surface area contributed by atoms with Crippen molar-refractivity contribution in [1.82, 2.24) is 4.90 Å². The standard InChI is InChI=1S/C12H23NO2/c1-4-11(2)12(3)15-10-7-13-5-8-14-9-6-13/h11H,3-10H2,1-2H3. The van der Waals surface area contributed by atoms with E-state index < -0.39 is 0 Å². The van der Waals surface area contributed by atoms with Crippen LogP contribution in [-0.4, -0.2) is 44.4 Å². The SMILES string of the molecule is C=C(OCCN1CCOCC1)C(C)CC. The molecule has 1 rings (SSSR count). The molecule has 0 amide bonds. The lowest BCUT2D eigenvalue weighted by Crippen LogP contribution is -2.38.